The molecule has 0 saturated heterocycles. The van der Waals surface area contributed by atoms with Crippen molar-refractivity contribution in [1.82, 2.24) is 20.1 Å². The molecule has 1 amide bonds. The lowest BCUT2D eigenvalue weighted by Crippen LogP contribution is -2.27. The van der Waals surface area contributed by atoms with Gasteiger partial charge in [0.1, 0.15) is 11.3 Å². The maximum absolute atomic E-state index is 13.0. The molecule has 166 valence electrons. The fourth-order valence-corrected chi connectivity index (χ4v) is 3.61. The molecular weight excluding hydrogens is 425 g/mol. The number of alkyl halides is 3. The maximum atomic E-state index is 13.0. The van der Waals surface area contributed by atoms with Crippen molar-refractivity contribution in [3.63, 3.8) is 0 Å². The number of benzene rings is 2. The molecule has 2 aromatic carbocycles. The molecule has 7 nitrogen and oxygen atoms in total. The van der Waals surface area contributed by atoms with Crippen LogP contribution in [0.2, 0.25) is 0 Å². The van der Waals surface area contributed by atoms with Crippen molar-refractivity contribution in [2.45, 2.75) is 26.3 Å². The minimum absolute atomic E-state index is 0.156. The molecule has 0 aliphatic heterocycles. The predicted octanol–water partition coefficient (Wildman–Crippen LogP) is 3.90. The van der Waals surface area contributed by atoms with E-state index in [4.69, 9.17) is 0 Å². The summed E-state index contributed by atoms with van der Waals surface area (Å²) >= 11 is 0. The normalized spacial score (nSPS) is 11.8. The van der Waals surface area contributed by atoms with Crippen LogP contribution in [0.1, 0.15) is 22.5 Å². The van der Waals surface area contributed by atoms with Gasteiger partial charge in [-0.15, -0.1) is 13.2 Å². The first kappa shape index (κ1) is 21.4. The minimum atomic E-state index is -4.79. The van der Waals surface area contributed by atoms with Crippen molar-refractivity contribution in [3.05, 3.63) is 70.1 Å². The third-order valence-corrected chi connectivity index (χ3v) is 5.05. The standard InChI is InChI=1S/C22H19F3N4O3/c1-13-18-19(28-27-13)16-5-2-3-6-17(16)29(21(18)31)12-4-11-26-20(30)14-7-9-15(10-8-14)32-22(23,24)25/h2-3,5-10H,4,11-12H2,1H3,(H,26,30)(H,27,28). The van der Waals surface area contributed by atoms with Gasteiger partial charge in [0.2, 0.25) is 0 Å². The number of aryl methyl sites for hydroxylation is 2. The van der Waals surface area contributed by atoms with Crippen LogP contribution in [0.3, 0.4) is 0 Å². The number of nitrogens with zero attached hydrogens (tertiary/aromatic N) is 2. The fourth-order valence-electron chi connectivity index (χ4n) is 3.61. The first-order valence-corrected chi connectivity index (χ1v) is 9.85. The van der Waals surface area contributed by atoms with Gasteiger partial charge >= 0.3 is 6.36 Å². The molecule has 4 aromatic rings. The highest BCUT2D eigenvalue weighted by Gasteiger charge is 2.31. The van der Waals surface area contributed by atoms with E-state index in [0.717, 1.165) is 23.0 Å². The first-order valence-electron chi connectivity index (χ1n) is 9.85. The number of aromatic amines is 1. The molecule has 0 radical (unpaired) electrons. The van der Waals surface area contributed by atoms with E-state index < -0.39 is 18.0 Å². The number of H-pyrrole nitrogens is 1. The van der Waals surface area contributed by atoms with E-state index in [2.05, 4.69) is 20.3 Å². The SMILES string of the molecule is Cc1[nH]nc2c1c(=O)n(CCCNC(=O)c1ccc(OC(F)(F)F)cc1)c1ccccc21. The molecule has 0 bridgehead atoms. The van der Waals surface area contributed by atoms with E-state index >= 15 is 0 Å². The Morgan fingerprint density at radius 3 is 2.59 bits per heavy atom. The van der Waals surface area contributed by atoms with Crippen molar-refractivity contribution < 1.29 is 22.7 Å². The lowest BCUT2D eigenvalue weighted by Gasteiger charge is -2.12. The number of aromatic nitrogens is 3. The molecule has 4 rings (SSSR count). The highest BCUT2D eigenvalue weighted by Crippen LogP contribution is 2.23. The summed E-state index contributed by atoms with van der Waals surface area (Å²) < 4.78 is 42.1. The summed E-state index contributed by atoms with van der Waals surface area (Å²) in [5.74, 6) is -0.827. The number of fused-ring (bicyclic) bond motifs is 3. The van der Waals surface area contributed by atoms with Gasteiger partial charge < -0.3 is 14.6 Å². The Morgan fingerprint density at radius 2 is 1.88 bits per heavy atom. The van der Waals surface area contributed by atoms with E-state index in [-0.39, 0.29) is 17.7 Å². The van der Waals surface area contributed by atoms with Crippen molar-refractivity contribution >= 4 is 27.7 Å². The smallest absolute Gasteiger partial charge is 0.406 e. The van der Waals surface area contributed by atoms with Crippen LogP contribution in [-0.2, 0) is 6.54 Å². The number of hydrogen-bond donors (Lipinski definition) is 2. The van der Waals surface area contributed by atoms with E-state index in [1.54, 1.807) is 11.5 Å². The molecule has 2 aromatic heterocycles. The second-order valence-electron chi connectivity index (χ2n) is 7.23. The van der Waals surface area contributed by atoms with Crippen LogP contribution in [0, 0.1) is 6.92 Å². The van der Waals surface area contributed by atoms with E-state index in [1.807, 2.05) is 24.3 Å². The summed E-state index contributed by atoms with van der Waals surface area (Å²) in [5.41, 5.74) is 2.12. The van der Waals surface area contributed by atoms with Gasteiger partial charge in [-0.1, -0.05) is 18.2 Å². The van der Waals surface area contributed by atoms with Crippen molar-refractivity contribution in [2.75, 3.05) is 6.54 Å². The Hall–Kier alpha value is -3.82. The Balaban J connectivity index is 1.44. The van der Waals surface area contributed by atoms with Crippen LogP contribution in [0.4, 0.5) is 13.2 Å². The van der Waals surface area contributed by atoms with Gasteiger partial charge in [0.05, 0.1) is 10.9 Å². The van der Waals surface area contributed by atoms with Gasteiger partial charge in [0.25, 0.3) is 11.5 Å². The molecule has 10 heteroatoms. The third kappa shape index (κ3) is 4.29. The summed E-state index contributed by atoms with van der Waals surface area (Å²) in [6.45, 7) is 2.45. The van der Waals surface area contributed by atoms with Crippen molar-refractivity contribution in [1.29, 1.82) is 0 Å². The Kier molecular flexibility index (Phi) is 5.60. The van der Waals surface area contributed by atoms with Crippen LogP contribution >= 0.6 is 0 Å². The number of carbonyl (C=O) groups is 1. The number of carbonyl (C=O) groups excluding carboxylic acids is 1. The van der Waals surface area contributed by atoms with Gasteiger partial charge in [-0.05, 0) is 43.7 Å². The van der Waals surface area contributed by atoms with Gasteiger partial charge in [0, 0.05) is 29.7 Å². The summed E-state index contributed by atoms with van der Waals surface area (Å²) in [5, 5.41) is 11.2. The number of pyridine rings is 1. The second-order valence-corrected chi connectivity index (χ2v) is 7.23. The minimum Gasteiger partial charge on any atom is -0.406 e. The average molecular weight is 444 g/mol. The summed E-state index contributed by atoms with van der Waals surface area (Å²) in [4.78, 5) is 25.3. The maximum Gasteiger partial charge on any atom is 0.573 e. The number of halogens is 3. The van der Waals surface area contributed by atoms with E-state index in [1.165, 1.54) is 12.1 Å². The average Bonchev–Trinajstić information content (AvgIpc) is 3.14. The van der Waals surface area contributed by atoms with Crippen LogP contribution in [0.25, 0.3) is 21.8 Å². The lowest BCUT2D eigenvalue weighted by atomic mass is 10.1. The van der Waals surface area contributed by atoms with Gasteiger partial charge in [-0.3, -0.25) is 14.7 Å². The highest BCUT2D eigenvalue weighted by molar-refractivity contribution is 6.03. The molecule has 2 heterocycles. The number of nitrogens with one attached hydrogen (secondary N) is 2. The van der Waals surface area contributed by atoms with Crippen molar-refractivity contribution in [2.24, 2.45) is 0 Å². The number of hydrogen-bond acceptors (Lipinski definition) is 4. The Labute approximate surface area is 179 Å². The molecular formula is C22H19F3N4O3. The zero-order valence-corrected chi connectivity index (χ0v) is 17.0. The molecule has 0 aliphatic carbocycles. The zero-order valence-electron chi connectivity index (χ0n) is 17.0. The molecule has 0 aliphatic rings. The second kappa shape index (κ2) is 8.37. The van der Waals surface area contributed by atoms with E-state index in [0.29, 0.717) is 29.6 Å². The molecule has 0 unspecified atom stereocenters. The Morgan fingerprint density at radius 1 is 1.16 bits per heavy atom. The number of amides is 1. The molecule has 32 heavy (non-hydrogen) atoms. The first-order chi connectivity index (χ1) is 15.2. The molecule has 0 atom stereocenters. The summed E-state index contributed by atoms with van der Waals surface area (Å²) in [6, 6.07) is 12.1. The predicted molar refractivity (Wildman–Crippen MR) is 113 cm³/mol. The lowest BCUT2D eigenvalue weighted by molar-refractivity contribution is -0.274. The quantitative estimate of drug-likeness (QED) is 0.442. The molecule has 2 N–H and O–H groups in total. The largest absolute Gasteiger partial charge is 0.573 e. The number of rotatable bonds is 6. The number of para-hydroxylation sites is 1. The van der Waals surface area contributed by atoms with Crippen LogP contribution in [-0.4, -0.2) is 33.6 Å². The fraction of sp³-hybridized carbons (Fsp3) is 0.227. The van der Waals surface area contributed by atoms with Crippen LogP contribution in [0.5, 0.6) is 5.75 Å². The molecule has 0 saturated carbocycles. The van der Waals surface area contributed by atoms with Crippen LogP contribution < -0.4 is 15.6 Å². The Bertz CT molecular complexity index is 1340. The molecule has 0 spiro atoms. The van der Waals surface area contributed by atoms with Crippen LogP contribution in [0.15, 0.2) is 53.3 Å². The topological polar surface area (TPSA) is 89.0 Å². The van der Waals surface area contributed by atoms with E-state index in [9.17, 15) is 22.8 Å². The summed E-state index contributed by atoms with van der Waals surface area (Å²) in [7, 11) is 0. The summed E-state index contributed by atoms with van der Waals surface area (Å²) in [6.07, 6.45) is -4.31. The zero-order chi connectivity index (χ0) is 22.9. The number of ether oxygens (including phenoxy) is 1. The van der Waals surface area contributed by atoms with Gasteiger partial charge in [0.15, 0.2) is 0 Å². The van der Waals surface area contributed by atoms with Crippen molar-refractivity contribution in [3.8, 4) is 5.75 Å². The van der Waals surface area contributed by atoms with Gasteiger partial charge in [-0.25, -0.2) is 0 Å². The third-order valence-electron chi connectivity index (χ3n) is 5.05. The highest BCUT2D eigenvalue weighted by atomic mass is 19.4. The monoisotopic (exact) mass is 444 g/mol. The van der Waals surface area contributed by atoms with Gasteiger partial charge in [-0.2, -0.15) is 5.10 Å². The molecule has 0 fully saturated rings.